The van der Waals surface area contributed by atoms with Crippen LogP contribution in [0, 0.1) is 0 Å². The third kappa shape index (κ3) is 5.78. The number of unbranched alkanes of at least 4 members (excludes halogenated alkanes) is 5. The first-order valence-electron chi connectivity index (χ1n) is 10.3. The number of benzene rings is 1. The van der Waals surface area contributed by atoms with Crippen LogP contribution in [0.5, 0.6) is 11.5 Å². The number of allylic oxidation sites excluding steroid dienone is 1. The summed E-state index contributed by atoms with van der Waals surface area (Å²) < 4.78 is 7.22. The number of rotatable bonds is 11. The minimum Gasteiger partial charge on any atom is -0.504 e. The molecule has 0 unspecified atom stereocenters. The predicted molar refractivity (Wildman–Crippen MR) is 118 cm³/mol. The molecule has 2 rings (SSSR count). The van der Waals surface area contributed by atoms with Gasteiger partial charge >= 0.3 is 0 Å². The number of aromatic hydroxyl groups is 1. The van der Waals surface area contributed by atoms with Crippen LogP contribution in [0.3, 0.4) is 0 Å². The fourth-order valence-corrected chi connectivity index (χ4v) is 3.16. The topological polar surface area (TPSA) is 63.5 Å². The average Bonchev–Trinajstić information content (AvgIpc) is 2.67. The predicted octanol–water partition coefficient (Wildman–Crippen LogP) is 5.36. The Hall–Kier alpha value is -2.43. The summed E-state index contributed by atoms with van der Waals surface area (Å²) >= 11 is 0. The first-order chi connectivity index (χ1) is 13.5. The lowest BCUT2D eigenvalue weighted by Crippen LogP contribution is -2.20. The molecule has 5 nitrogen and oxygen atoms in total. The van der Waals surface area contributed by atoms with Crippen LogP contribution < -0.4 is 15.6 Å². The van der Waals surface area contributed by atoms with E-state index in [1.54, 1.807) is 7.05 Å². The molecular formula is C23H34N2O3. The quantitative estimate of drug-likeness (QED) is 0.403. The molecule has 1 aromatic heterocycles. The number of nitrogens with zero attached hydrogens (tertiary/aromatic N) is 1. The molecule has 154 valence electrons. The summed E-state index contributed by atoms with van der Waals surface area (Å²) in [5.41, 5.74) is 2.51. The maximum Gasteiger partial charge on any atom is 0.297 e. The van der Waals surface area contributed by atoms with Crippen LogP contribution in [-0.4, -0.2) is 22.8 Å². The zero-order valence-corrected chi connectivity index (χ0v) is 17.7. The van der Waals surface area contributed by atoms with Crippen molar-refractivity contribution in [3.63, 3.8) is 0 Å². The Morgan fingerprint density at radius 1 is 1.18 bits per heavy atom. The first kappa shape index (κ1) is 21.9. The first-order valence-corrected chi connectivity index (χ1v) is 10.3. The maximum atomic E-state index is 12.7. The Balaban J connectivity index is 2.12. The molecule has 0 spiro atoms. The third-order valence-electron chi connectivity index (χ3n) is 4.89. The van der Waals surface area contributed by atoms with Crippen molar-refractivity contribution >= 4 is 16.6 Å². The molecule has 0 aliphatic rings. The molecule has 0 aliphatic heterocycles. The molecule has 0 bridgehead atoms. The van der Waals surface area contributed by atoms with E-state index in [2.05, 4.69) is 32.2 Å². The Labute approximate surface area is 168 Å². The smallest absolute Gasteiger partial charge is 0.297 e. The Kier molecular flexibility index (Phi) is 8.42. The van der Waals surface area contributed by atoms with Gasteiger partial charge in [-0.2, -0.15) is 0 Å². The average molecular weight is 387 g/mol. The molecule has 2 N–H and O–H groups in total. The third-order valence-corrected chi connectivity index (χ3v) is 4.89. The van der Waals surface area contributed by atoms with Crippen LogP contribution in [0.1, 0.15) is 59.3 Å². The van der Waals surface area contributed by atoms with Crippen molar-refractivity contribution in [1.29, 1.82) is 0 Å². The Morgan fingerprint density at radius 3 is 2.61 bits per heavy atom. The summed E-state index contributed by atoms with van der Waals surface area (Å²) in [4.78, 5) is 12.7. The molecule has 0 saturated heterocycles. The SMILES string of the molecule is CCCCCCCCOc1c(O)c2ccc(NCC=C(C)C)cc2n(C)c1=O. The second kappa shape index (κ2) is 10.8. The molecule has 5 heteroatoms. The van der Waals surface area contributed by atoms with E-state index in [-0.39, 0.29) is 17.1 Å². The fourth-order valence-electron chi connectivity index (χ4n) is 3.16. The molecule has 0 amide bonds. The van der Waals surface area contributed by atoms with Crippen molar-refractivity contribution in [3.8, 4) is 11.5 Å². The molecule has 0 saturated carbocycles. The van der Waals surface area contributed by atoms with Crippen molar-refractivity contribution in [3.05, 3.63) is 40.2 Å². The highest BCUT2D eigenvalue weighted by Crippen LogP contribution is 2.32. The van der Waals surface area contributed by atoms with Gasteiger partial charge in [0.2, 0.25) is 5.75 Å². The van der Waals surface area contributed by atoms with Crippen LogP contribution in [0.25, 0.3) is 10.9 Å². The van der Waals surface area contributed by atoms with Crippen LogP contribution in [-0.2, 0) is 7.05 Å². The summed E-state index contributed by atoms with van der Waals surface area (Å²) in [7, 11) is 1.71. The highest BCUT2D eigenvalue weighted by Gasteiger charge is 2.16. The fraction of sp³-hybridized carbons (Fsp3) is 0.522. The maximum absolute atomic E-state index is 12.7. The minimum absolute atomic E-state index is 0.0498. The van der Waals surface area contributed by atoms with Crippen molar-refractivity contribution in [2.75, 3.05) is 18.5 Å². The van der Waals surface area contributed by atoms with Gasteiger partial charge in [0.05, 0.1) is 12.1 Å². The number of aryl methyl sites for hydroxylation is 1. The zero-order chi connectivity index (χ0) is 20.5. The summed E-state index contributed by atoms with van der Waals surface area (Å²) in [6.07, 6.45) is 8.97. The summed E-state index contributed by atoms with van der Waals surface area (Å²) in [5.74, 6) is -0.0197. The second-order valence-electron chi connectivity index (χ2n) is 7.55. The summed E-state index contributed by atoms with van der Waals surface area (Å²) in [6.45, 7) is 7.46. The van der Waals surface area contributed by atoms with E-state index in [0.29, 0.717) is 24.1 Å². The monoisotopic (exact) mass is 386 g/mol. The summed E-state index contributed by atoms with van der Waals surface area (Å²) in [6, 6.07) is 5.61. The number of ether oxygens (including phenoxy) is 1. The van der Waals surface area contributed by atoms with Crippen molar-refractivity contribution in [1.82, 2.24) is 4.57 Å². The van der Waals surface area contributed by atoms with Crippen LogP contribution >= 0.6 is 0 Å². The van der Waals surface area contributed by atoms with Gasteiger partial charge in [0.25, 0.3) is 5.56 Å². The van der Waals surface area contributed by atoms with Gasteiger partial charge in [0.1, 0.15) is 0 Å². The normalized spacial score (nSPS) is 10.9. The molecule has 1 heterocycles. The van der Waals surface area contributed by atoms with Crippen LogP contribution in [0.15, 0.2) is 34.6 Å². The van der Waals surface area contributed by atoms with Crippen molar-refractivity contribution in [2.45, 2.75) is 59.3 Å². The lowest BCUT2D eigenvalue weighted by molar-refractivity contribution is 0.284. The van der Waals surface area contributed by atoms with Gasteiger partial charge in [-0.25, -0.2) is 0 Å². The highest BCUT2D eigenvalue weighted by atomic mass is 16.5. The molecule has 0 fully saturated rings. The van der Waals surface area contributed by atoms with Crippen molar-refractivity contribution in [2.24, 2.45) is 7.05 Å². The zero-order valence-electron chi connectivity index (χ0n) is 17.7. The van der Waals surface area contributed by atoms with Gasteiger partial charge in [0, 0.05) is 24.7 Å². The number of anilines is 1. The lowest BCUT2D eigenvalue weighted by Gasteiger charge is -2.14. The standard InChI is InChI=1S/C23H34N2O3/c1-5-6-7-8-9-10-15-28-22-21(26)19-12-11-18(24-14-13-17(2)3)16-20(19)25(4)23(22)27/h11-13,16,24,26H,5-10,14-15H2,1-4H3. The van der Waals surface area contributed by atoms with E-state index >= 15 is 0 Å². The number of fused-ring (bicyclic) bond motifs is 1. The van der Waals surface area contributed by atoms with E-state index in [1.165, 1.54) is 35.8 Å². The summed E-state index contributed by atoms with van der Waals surface area (Å²) in [5, 5.41) is 14.5. The number of pyridine rings is 1. The van der Waals surface area contributed by atoms with Gasteiger partial charge in [0.15, 0.2) is 5.75 Å². The molecular weight excluding hydrogens is 352 g/mol. The number of hydrogen-bond acceptors (Lipinski definition) is 4. The minimum atomic E-state index is -0.308. The second-order valence-corrected chi connectivity index (χ2v) is 7.55. The largest absolute Gasteiger partial charge is 0.504 e. The van der Waals surface area contributed by atoms with E-state index in [4.69, 9.17) is 4.74 Å². The molecule has 0 atom stereocenters. The van der Waals surface area contributed by atoms with E-state index < -0.39 is 0 Å². The Bertz CT molecular complexity index is 864. The van der Waals surface area contributed by atoms with Crippen LogP contribution in [0.4, 0.5) is 5.69 Å². The van der Waals surface area contributed by atoms with E-state index in [9.17, 15) is 9.90 Å². The highest BCUT2D eigenvalue weighted by molar-refractivity contribution is 5.89. The van der Waals surface area contributed by atoms with E-state index in [1.807, 2.05) is 18.2 Å². The van der Waals surface area contributed by atoms with Gasteiger partial charge in [-0.05, 0) is 38.5 Å². The lowest BCUT2D eigenvalue weighted by atomic mass is 10.1. The van der Waals surface area contributed by atoms with Gasteiger partial charge in [-0.1, -0.05) is 50.7 Å². The van der Waals surface area contributed by atoms with Gasteiger partial charge < -0.3 is 19.7 Å². The van der Waals surface area contributed by atoms with Gasteiger partial charge in [-0.3, -0.25) is 4.79 Å². The van der Waals surface area contributed by atoms with Gasteiger partial charge in [-0.15, -0.1) is 0 Å². The number of hydrogen-bond donors (Lipinski definition) is 2. The number of nitrogens with one attached hydrogen (secondary N) is 1. The molecule has 0 radical (unpaired) electrons. The van der Waals surface area contributed by atoms with E-state index in [0.717, 1.165) is 18.5 Å². The van der Waals surface area contributed by atoms with Crippen LogP contribution in [0.2, 0.25) is 0 Å². The Morgan fingerprint density at radius 2 is 1.89 bits per heavy atom. The molecule has 2 aromatic rings. The molecule has 1 aromatic carbocycles. The molecule has 28 heavy (non-hydrogen) atoms. The molecule has 0 aliphatic carbocycles. The van der Waals surface area contributed by atoms with Crippen molar-refractivity contribution < 1.29 is 9.84 Å². The number of aromatic nitrogens is 1.